The number of ether oxygens (including phenoxy) is 1. The molecule has 7 heteroatoms. The lowest BCUT2D eigenvalue weighted by atomic mass is 9.97. The van der Waals surface area contributed by atoms with Crippen LogP contribution in [0.4, 0.5) is 0 Å². The van der Waals surface area contributed by atoms with Crippen molar-refractivity contribution >= 4 is 15.9 Å². The Morgan fingerprint density at radius 3 is 2.56 bits per heavy atom. The number of aryl methyl sites for hydroxylation is 1. The van der Waals surface area contributed by atoms with Gasteiger partial charge in [0.05, 0.1) is 12.4 Å². The minimum Gasteiger partial charge on any atom is -0.383 e. The van der Waals surface area contributed by atoms with Gasteiger partial charge >= 0.3 is 0 Å². The van der Waals surface area contributed by atoms with Crippen molar-refractivity contribution in [1.29, 1.82) is 0 Å². The molecule has 0 radical (unpaired) electrons. The highest BCUT2D eigenvalue weighted by Gasteiger charge is 2.31. The molecule has 6 nitrogen and oxygen atoms in total. The summed E-state index contributed by atoms with van der Waals surface area (Å²) in [5.41, 5.74) is 1.81. The van der Waals surface area contributed by atoms with Crippen LogP contribution in [0.15, 0.2) is 24.3 Å². The first-order valence-electron chi connectivity index (χ1n) is 8.65. The Morgan fingerprint density at radius 2 is 1.96 bits per heavy atom. The zero-order valence-electron chi connectivity index (χ0n) is 15.2. The fourth-order valence-electron chi connectivity index (χ4n) is 3.11. The van der Waals surface area contributed by atoms with E-state index in [1.54, 1.807) is 7.11 Å². The summed E-state index contributed by atoms with van der Waals surface area (Å²) in [5.74, 6) is -0.133. The van der Waals surface area contributed by atoms with Gasteiger partial charge in [0.15, 0.2) is 0 Å². The van der Waals surface area contributed by atoms with Gasteiger partial charge in [-0.1, -0.05) is 24.3 Å². The first-order valence-corrected chi connectivity index (χ1v) is 10.3. The average Bonchev–Trinajstić information content (AvgIpc) is 2.57. The van der Waals surface area contributed by atoms with Crippen molar-refractivity contribution in [3.63, 3.8) is 0 Å². The minimum atomic E-state index is -3.36. The number of methoxy groups -OCH3 is 1. The first-order chi connectivity index (χ1) is 11.8. The maximum Gasteiger partial charge on any atom is 0.223 e. The van der Waals surface area contributed by atoms with Crippen LogP contribution < -0.4 is 5.32 Å². The highest BCUT2D eigenvalue weighted by Crippen LogP contribution is 2.22. The number of rotatable bonds is 7. The summed E-state index contributed by atoms with van der Waals surface area (Å²) >= 11 is 0. The Bertz CT molecular complexity index is 682. The van der Waals surface area contributed by atoms with Gasteiger partial charge < -0.3 is 10.1 Å². The molecule has 1 N–H and O–H groups in total. The van der Waals surface area contributed by atoms with E-state index in [9.17, 15) is 13.2 Å². The van der Waals surface area contributed by atoms with Crippen LogP contribution in [0.25, 0.3) is 0 Å². The maximum absolute atomic E-state index is 12.7. The lowest BCUT2D eigenvalue weighted by Crippen LogP contribution is -2.45. The molecule has 2 rings (SSSR count). The smallest absolute Gasteiger partial charge is 0.223 e. The van der Waals surface area contributed by atoms with Gasteiger partial charge in [-0.15, -0.1) is 0 Å². The number of piperidine rings is 1. The third kappa shape index (κ3) is 5.52. The summed E-state index contributed by atoms with van der Waals surface area (Å²) in [4.78, 5) is 12.2. The molecule has 0 saturated carbocycles. The van der Waals surface area contributed by atoms with Gasteiger partial charge in [-0.3, -0.25) is 4.79 Å². The number of amides is 1. The molecular weight excluding hydrogens is 340 g/mol. The Morgan fingerprint density at radius 1 is 1.32 bits per heavy atom. The van der Waals surface area contributed by atoms with Gasteiger partial charge in [0, 0.05) is 32.2 Å². The highest BCUT2D eigenvalue weighted by molar-refractivity contribution is 7.88. The van der Waals surface area contributed by atoms with Crippen LogP contribution in [0.3, 0.4) is 0 Å². The van der Waals surface area contributed by atoms with Gasteiger partial charge in [-0.05, 0) is 37.8 Å². The molecule has 1 fully saturated rings. The molecule has 140 valence electrons. The van der Waals surface area contributed by atoms with Crippen molar-refractivity contribution in [2.75, 3.05) is 26.8 Å². The molecule has 1 aromatic carbocycles. The third-order valence-corrected chi connectivity index (χ3v) is 6.45. The van der Waals surface area contributed by atoms with Crippen molar-refractivity contribution in [3.8, 4) is 0 Å². The molecule has 1 heterocycles. The Kier molecular flexibility index (Phi) is 6.98. The Balaban J connectivity index is 1.90. The molecule has 1 saturated heterocycles. The molecule has 0 aromatic heterocycles. The molecule has 1 aliphatic rings. The predicted octanol–water partition coefficient (Wildman–Crippen LogP) is 1.69. The minimum absolute atomic E-state index is 0.0134. The molecule has 0 aliphatic carbocycles. The van der Waals surface area contributed by atoms with Crippen molar-refractivity contribution in [2.24, 2.45) is 5.92 Å². The number of sulfonamides is 1. The third-order valence-electron chi connectivity index (χ3n) is 4.62. The van der Waals surface area contributed by atoms with E-state index < -0.39 is 10.0 Å². The topological polar surface area (TPSA) is 75.7 Å². The highest BCUT2D eigenvalue weighted by atomic mass is 32.2. The van der Waals surface area contributed by atoms with Crippen molar-refractivity contribution < 1.29 is 17.9 Å². The summed E-state index contributed by atoms with van der Waals surface area (Å²) in [5, 5.41) is 2.92. The van der Waals surface area contributed by atoms with Crippen LogP contribution >= 0.6 is 0 Å². The van der Waals surface area contributed by atoms with E-state index >= 15 is 0 Å². The molecule has 1 atom stereocenters. The largest absolute Gasteiger partial charge is 0.383 e. The lowest BCUT2D eigenvalue weighted by molar-refractivity contribution is -0.127. The van der Waals surface area contributed by atoms with Gasteiger partial charge in [-0.25, -0.2) is 12.7 Å². The number of hydrogen-bond donors (Lipinski definition) is 1. The molecule has 0 unspecified atom stereocenters. The normalized spacial score (nSPS) is 18.0. The van der Waals surface area contributed by atoms with Crippen LogP contribution in [0.1, 0.15) is 30.9 Å². The summed E-state index contributed by atoms with van der Waals surface area (Å²) in [6, 6.07) is 7.49. The SMILES string of the molecule is COC[C@@H](C)NC(=O)C1CCN(S(=O)(=O)Cc2ccccc2C)CC1. The van der Waals surface area contributed by atoms with Crippen molar-refractivity contribution in [1.82, 2.24) is 9.62 Å². The van der Waals surface area contributed by atoms with Crippen LogP contribution in [-0.2, 0) is 25.3 Å². The summed E-state index contributed by atoms with van der Waals surface area (Å²) < 4.78 is 31.8. The van der Waals surface area contributed by atoms with E-state index in [0.717, 1.165) is 11.1 Å². The molecule has 1 aromatic rings. The first kappa shape index (κ1) is 19.9. The summed E-state index contributed by atoms with van der Waals surface area (Å²) in [7, 11) is -1.76. The molecule has 25 heavy (non-hydrogen) atoms. The van der Waals surface area contributed by atoms with E-state index in [2.05, 4.69) is 5.32 Å². The Hall–Kier alpha value is -1.44. The Labute approximate surface area is 150 Å². The predicted molar refractivity (Wildman–Crippen MR) is 97.6 cm³/mol. The monoisotopic (exact) mass is 368 g/mol. The second kappa shape index (κ2) is 8.78. The van der Waals surface area contributed by atoms with E-state index in [4.69, 9.17) is 4.74 Å². The zero-order valence-corrected chi connectivity index (χ0v) is 16.0. The zero-order chi connectivity index (χ0) is 18.4. The molecule has 0 spiro atoms. The van der Waals surface area contributed by atoms with Crippen LogP contribution in [0, 0.1) is 12.8 Å². The second-order valence-electron chi connectivity index (χ2n) is 6.72. The number of carbonyl (C=O) groups is 1. The van der Waals surface area contributed by atoms with Crippen LogP contribution in [0.5, 0.6) is 0 Å². The maximum atomic E-state index is 12.7. The van der Waals surface area contributed by atoms with E-state index in [-0.39, 0.29) is 23.6 Å². The van der Waals surface area contributed by atoms with Crippen LogP contribution in [0.2, 0.25) is 0 Å². The summed E-state index contributed by atoms with van der Waals surface area (Å²) in [6.07, 6.45) is 1.11. The number of benzene rings is 1. The fourth-order valence-corrected chi connectivity index (χ4v) is 4.78. The number of nitrogens with one attached hydrogen (secondary N) is 1. The average molecular weight is 368 g/mol. The van der Waals surface area contributed by atoms with E-state index in [0.29, 0.717) is 32.5 Å². The second-order valence-corrected chi connectivity index (χ2v) is 8.69. The fraction of sp³-hybridized carbons (Fsp3) is 0.611. The van der Waals surface area contributed by atoms with Crippen molar-refractivity contribution in [3.05, 3.63) is 35.4 Å². The van der Waals surface area contributed by atoms with Gasteiger partial charge in [0.1, 0.15) is 0 Å². The molecule has 1 amide bonds. The van der Waals surface area contributed by atoms with Crippen molar-refractivity contribution in [2.45, 2.75) is 38.5 Å². The van der Waals surface area contributed by atoms with E-state index in [1.165, 1.54) is 4.31 Å². The van der Waals surface area contributed by atoms with Crippen LogP contribution in [-0.4, -0.2) is 51.5 Å². The lowest BCUT2D eigenvalue weighted by Gasteiger charge is -2.31. The number of nitrogens with zero attached hydrogens (tertiary/aromatic N) is 1. The number of hydrogen-bond acceptors (Lipinski definition) is 4. The van der Waals surface area contributed by atoms with E-state index in [1.807, 2.05) is 38.1 Å². The van der Waals surface area contributed by atoms with Gasteiger partial charge in [-0.2, -0.15) is 0 Å². The molecule has 1 aliphatic heterocycles. The van der Waals surface area contributed by atoms with Gasteiger partial charge in [0.2, 0.25) is 15.9 Å². The standard InChI is InChI=1S/C18H28N2O4S/c1-14-6-4-5-7-17(14)13-25(22,23)20-10-8-16(9-11-20)18(21)19-15(2)12-24-3/h4-7,15-16H,8-13H2,1-3H3,(H,19,21)/t15-/m1/s1. The molecular formula is C18H28N2O4S. The molecule has 0 bridgehead atoms. The van der Waals surface area contributed by atoms with Gasteiger partial charge in [0.25, 0.3) is 0 Å². The number of carbonyl (C=O) groups excluding carboxylic acids is 1. The summed E-state index contributed by atoms with van der Waals surface area (Å²) in [6.45, 7) is 5.07. The quantitative estimate of drug-likeness (QED) is 0.795.